The van der Waals surface area contributed by atoms with Crippen LogP contribution >= 0.6 is 0 Å². The van der Waals surface area contributed by atoms with Crippen molar-refractivity contribution < 1.29 is 23.8 Å². The molecule has 1 aliphatic heterocycles. The highest BCUT2D eigenvalue weighted by Crippen LogP contribution is 2.26. The maximum Gasteiger partial charge on any atom is 0.305 e. The molecule has 0 aromatic carbocycles. The molecule has 1 saturated heterocycles. The quantitative estimate of drug-likeness (QED) is 0.892. The lowest BCUT2D eigenvalue weighted by Gasteiger charge is -2.36. The zero-order valence-electron chi connectivity index (χ0n) is 12.8. The van der Waals surface area contributed by atoms with E-state index in [9.17, 15) is 9.59 Å². The van der Waals surface area contributed by atoms with E-state index < -0.39 is 17.4 Å². The summed E-state index contributed by atoms with van der Waals surface area (Å²) in [5.41, 5.74) is 1.16. The molecular weight excluding hydrogens is 300 g/mol. The van der Waals surface area contributed by atoms with Crippen molar-refractivity contribution in [1.29, 1.82) is 0 Å². The lowest BCUT2D eigenvalue weighted by atomic mass is 9.86. The number of aromatic nitrogens is 1. The van der Waals surface area contributed by atoms with Crippen LogP contribution in [0.1, 0.15) is 35.5 Å². The topological polar surface area (TPSA) is 102 Å². The number of carboxylic acids is 1. The Labute approximate surface area is 132 Å². The SMILES string of the molecule is Cc1ccc2oc(C(=O)NC3(CC(=O)O)CCOCC3)cc2n1. The Hall–Kier alpha value is -2.41. The van der Waals surface area contributed by atoms with Crippen LogP contribution < -0.4 is 5.32 Å². The monoisotopic (exact) mass is 318 g/mol. The summed E-state index contributed by atoms with van der Waals surface area (Å²) in [7, 11) is 0. The van der Waals surface area contributed by atoms with Crippen LogP contribution in [0.3, 0.4) is 0 Å². The summed E-state index contributed by atoms with van der Waals surface area (Å²) in [5, 5.41) is 12.0. The molecule has 1 amide bonds. The molecule has 0 bridgehead atoms. The van der Waals surface area contributed by atoms with Gasteiger partial charge in [-0.1, -0.05) is 0 Å². The second kappa shape index (κ2) is 6.00. The third-order valence-electron chi connectivity index (χ3n) is 4.05. The van der Waals surface area contributed by atoms with E-state index in [1.807, 2.05) is 6.92 Å². The van der Waals surface area contributed by atoms with Crippen molar-refractivity contribution in [2.45, 2.75) is 31.7 Å². The van der Waals surface area contributed by atoms with Gasteiger partial charge in [-0.05, 0) is 31.9 Å². The fourth-order valence-electron chi connectivity index (χ4n) is 2.84. The number of rotatable bonds is 4. The average molecular weight is 318 g/mol. The van der Waals surface area contributed by atoms with E-state index in [1.165, 1.54) is 0 Å². The molecule has 122 valence electrons. The number of amides is 1. The maximum absolute atomic E-state index is 12.5. The zero-order valence-corrected chi connectivity index (χ0v) is 12.8. The van der Waals surface area contributed by atoms with Crippen molar-refractivity contribution in [2.75, 3.05) is 13.2 Å². The van der Waals surface area contributed by atoms with Gasteiger partial charge >= 0.3 is 5.97 Å². The van der Waals surface area contributed by atoms with E-state index in [1.54, 1.807) is 18.2 Å². The molecule has 1 aliphatic rings. The van der Waals surface area contributed by atoms with Crippen molar-refractivity contribution >= 4 is 23.0 Å². The van der Waals surface area contributed by atoms with Crippen molar-refractivity contribution in [3.05, 3.63) is 29.7 Å². The number of hydrogen-bond acceptors (Lipinski definition) is 5. The Balaban J connectivity index is 1.83. The van der Waals surface area contributed by atoms with E-state index in [-0.39, 0.29) is 12.2 Å². The van der Waals surface area contributed by atoms with Gasteiger partial charge in [-0.25, -0.2) is 4.98 Å². The summed E-state index contributed by atoms with van der Waals surface area (Å²) in [6, 6.07) is 5.14. The number of pyridine rings is 1. The largest absolute Gasteiger partial charge is 0.481 e. The second-order valence-corrected chi connectivity index (χ2v) is 5.86. The molecule has 23 heavy (non-hydrogen) atoms. The Morgan fingerprint density at radius 3 is 2.78 bits per heavy atom. The summed E-state index contributed by atoms with van der Waals surface area (Å²) in [6.07, 6.45) is 0.783. The van der Waals surface area contributed by atoms with Crippen LogP contribution in [0.25, 0.3) is 11.1 Å². The predicted molar refractivity (Wildman–Crippen MR) is 81.2 cm³/mol. The number of furan rings is 1. The van der Waals surface area contributed by atoms with Crippen molar-refractivity contribution in [2.24, 2.45) is 0 Å². The standard InChI is InChI=1S/C16H18N2O5/c1-10-2-3-12-11(17-10)8-13(23-12)15(21)18-16(9-14(19)20)4-6-22-7-5-16/h2-3,8H,4-7,9H2,1H3,(H,18,21)(H,19,20). The zero-order chi connectivity index (χ0) is 16.4. The molecule has 3 heterocycles. The Morgan fingerprint density at radius 1 is 1.35 bits per heavy atom. The van der Waals surface area contributed by atoms with Crippen LogP contribution in [-0.2, 0) is 9.53 Å². The highest BCUT2D eigenvalue weighted by Gasteiger charge is 2.37. The number of ether oxygens (including phenoxy) is 1. The molecule has 3 rings (SSSR count). The smallest absolute Gasteiger partial charge is 0.305 e. The number of aliphatic carboxylic acids is 1. The van der Waals surface area contributed by atoms with Crippen molar-refractivity contribution in [3.8, 4) is 0 Å². The Morgan fingerprint density at radius 2 is 2.09 bits per heavy atom. The van der Waals surface area contributed by atoms with Gasteiger partial charge in [0.2, 0.25) is 0 Å². The number of nitrogens with zero attached hydrogens (tertiary/aromatic N) is 1. The number of carboxylic acid groups (broad SMARTS) is 1. The fourth-order valence-corrected chi connectivity index (χ4v) is 2.84. The van der Waals surface area contributed by atoms with Gasteiger partial charge in [0.1, 0.15) is 5.52 Å². The minimum atomic E-state index is -0.950. The van der Waals surface area contributed by atoms with Gasteiger partial charge in [0.25, 0.3) is 5.91 Å². The third kappa shape index (κ3) is 3.34. The maximum atomic E-state index is 12.5. The molecule has 0 atom stereocenters. The summed E-state index contributed by atoms with van der Waals surface area (Å²) < 4.78 is 10.8. The molecule has 2 N–H and O–H groups in total. The molecule has 0 aliphatic carbocycles. The summed E-state index contributed by atoms with van der Waals surface area (Å²) in [5.74, 6) is -1.24. The van der Waals surface area contributed by atoms with Crippen LogP contribution in [0.15, 0.2) is 22.6 Å². The summed E-state index contributed by atoms with van der Waals surface area (Å²) >= 11 is 0. The lowest BCUT2D eigenvalue weighted by Crippen LogP contribution is -2.53. The number of nitrogens with one attached hydrogen (secondary N) is 1. The number of aryl methyl sites for hydroxylation is 1. The minimum absolute atomic E-state index is 0.134. The average Bonchev–Trinajstić information content (AvgIpc) is 2.90. The van der Waals surface area contributed by atoms with Gasteiger partial charge in [0.05, 0.1) is 12.0 Å². The van der Waals surface area contributed by atoms with Crippen molar-refractivity contribution in [3.63, 3.8) is 0 Å². The van der Waals surface area contributed by atoms with E-state index in [0.717, 1.165) is 5.69 Å². The first-order valence-electron chi connectivity index (χ1n) is 7.47. The molecule has 0 unspecified atom stereocenters. The van der Waals surface area contributed by atoms with Crippen molar-refractivity contribution in [1.82, 2.24) is 10.3 Å². The van der Waals surface area contributed by atoms with E-state index >= 15 is 0 Å². The Bertz CT molecular complexity index is 746. The van der Waals surface area contributed by atoms with Gasteiger partial charge in [-0.15, -0.1) is 0 Å². The second-order valence-electron chi connectivity index (χ2n) is 5.86. The number of carbonyl (C=O) groups excluding carboxylic acids is 1. The van der Waals surface area contributed by atoms with Gasteiger partial charge < -0.3 is 19.6 Å². The molecule has 1 fully saturated rings. The fraction of sp³-hybridized carbons (Fsp3) is 0.438. The first-order valence-corrected chi connectivity index (χ1v) is 7.47. The van der Waals surface area contributed by atoms with Crippen LogP contribution in [0.2, 0.25) is 0 Å². The molecule has 2 aromatic heterocycles. The third-order valence-corrected chi connectivity index (χ3v) is 4.05. The van der Waals surface area contributed by atoms with Gasteiger partial charge in [-0.3, -0.25) is 9.59 Å². The summed E-state index contributed by atoms with van der Waals surface area (Å²) in [4.78, 5) is 27.9. The van der Waals surface area contributed by atoms with Crippen LogP contribution in [0.4, 0.5) is 0 Å². The predicted octanol–water partition coefficient (Wildman–Crippen LogP) is 1.89. The molecule has 0 spiro atoms. The molecule has 7 nitrogen and oxygen atoms in total. The molecular formula is C16H18N2O5. The number of hydrogen-bond donors (Lipinski definition) is 2. The molecule has 2 aromatic rings. The molecule has 0 radical (unpaired) electrons. The first kappa shape index (κ1) is 15.5. The highest BCUT2D eigenvalue weighted by atomic mass is 16.5. The normalized spacial score (nSPS) is 17.1. The van der Waals surface area contributed by atoms with E-state index in [4.69, 9.17) is 14.3 Å². The van der Waals surface area contributed by atoms with Crippen LogP contribution in [0, 0.1) is 6.92 Å². The van der Waals surface area contributed by atoms with Gasteiger partial charge in [0.15, 0.2) is 11.3 Å². The summed E-state index contributed by atoms with van der Waals surface area (Å²) in [6.45, 7) is 2.71. The van der Waals surface area contributed by atoms with Crippen LogP contribution in [-0.4, -0.2) is 40.7 Å². The highest BCUT2D eigenvalue weighted by molar-refractivity contribution is 5.96. The molecule has 0 saturated carbocycles. The van der Waals surface area contributed by atoms with Gasteiger partial charge in [-0.2, -0.15) is 0 Å². The van der Waals surface area contributed by atoms with Gasteiger partial charge in [0, 0.05) is 25.0 Å². The minimum Gasteiger partial charge on any atom is -0.481 e. The molecule has 7 heteroatoms. The first-order chi connectivity index (χ1) is 11.0. The lowest BCUT2D eigenvalue weighted by molar-refractivity contribution is -0.139. The van der Waals surface area contributed by atoms with E-state index in [0.29, 0.717) is 37.2 Å². The van der Waals surface area contributed by atoms with Crippen LogP contribution in [0.5, 0.6) is 0 Å². The number of carbonyl (C=O) groups is 2. The Kier molecular flexibility index (Phi) is 4.04. The number of fused-ring (bicyclic) bond motifs is 1. The van der Waals surface area contributed by atoms with E-state index in [2.05, 4.69) is 10.3 Å².